The van der Waals surface area contributed by atoms with Gasteiger partial charge in [0, 0.05) is 23.4 Å². The van der Waals surface area contributed by atoms with Crippen molar-refractivity contribution in [3.8, 4) is 0 Å². The number of H-pyrrole nitrogens is 1. The van der Waals surface area contributed by atoms with Crippen LogP contribution >= 0.6 is 0 Å². The predicted molar refractivity (Wildman–Crippen MR) is 125 cm³/mol. The molecule has 2 heterocycles. The maximum Gasteiger partial charge on any atom is 0.268 e. The monoisotopic (exact) mass is 454 g/mol. The van der Waals surface area contributed by atoms with Crippen molar-refractivity contribution in [2.45, 2.75) is 69.7 Å². The number of aromatic nitrogens is 1. The van der Waals surface area contributed by atoms with E-state index in [0.29, 0.717) is 37.4 Å². The average Bonchev–Trinajstić information content (AvgIpc) is 3.44. The number of hydrogen-bond donors (Lipinski definition) is 5. The lowest BCUT2D eigenvalue weighted by Gasteiger charge is -2.32. The number of aliphatic hydroxyl groups excluding tert-OH is 1. The van der Waals surface area contributed by atoms with Crippen molar-refractivity contribution in [2.75, 3.05) is 6.54 Å². The molecule has 1 aromatic carbocycles. The van der Waals surface area contributed by atoms with Gasteiger partial charge in [-0.1, -0.05) is 50.3 Å². The van der Waals surface area contributed by atoms with E-state index in [0.717, 1.165) is 42.9 Å². The number of aldehydes is 1. The van der Waals surface area contributed by atoms with E-state index in [2.05, 4.69) is 20.9 Å². The minimum atomic E-state index is -1.10. The van der Waals surface area contributed by atoms with Gasteiger partial charge in [0.25, 0.3) is 5.91 Å². The number of fused-ring (bicyclic) bond motifs is 1. The maximum absolute atomic E-state index is 13.0. The number of amides is 2. The molecule has 2 aromatic rings. The highest BCUT2D eigenvalue weighted by Crippen LogP contribution is 2.28. The van der Waals surface area contributed by atoms with Gasteiger partial charge in [-0.25, -0.2) is 0 Å². The van der Waals surface area contributed by atoms with Crippen LogP contribution in [0.15, 0.2) is 30.3 Å². The number of aromatic amines is 1. The van der Waals surface area contributed by atoms with Crippen LogP contribution in [0.25, 0.3) is 10.9 Å². The number of hydrogen-bond acceptors (Lipinski definition) is 5. The van der Waals surface area contributed by atoms with Gasteiger partial charge in [-0.2, -0.15) is 0 Å². The Morgan fingerprint density at radius 1 is 1.15 bits per heavy atom. The number of carbonyl (C=O) groups is 3. The molecule has 178 valence electrons. The zero-order chi connectivity index (χ0) is 23.2. The quantitative estimate of drug-likeness (QED) is 0.278. The molecule has 8 nitrogen and oxygen atoms in total. The van der Waals surface area contributed by atoms with Crippen LogP contribution in [-0.2, 0) is 9.59 Å². The van der Waals surface area contributed by atoms with Gasteiger partial charge in [-0.05, 0) is 37.3 Å². The lowest BCUT2D eigenvalue weighted by molar-refractivity contribution is -0.123. The van der Waals surface area contributed by atoms with Gasteiger partial charge in [0.2, 0.25) is 5.91 Å². The molecule has 1 aliphatic carbocycles. The summed E-state index contributed by atoms with van der Waals surface area (Å²) in [7, 11) is 0. The van der Waals surface area contributed by atoms with E-state index < -0.39 is 18.3 Å². The van der Waals surface area contributed by atoms with Crippen LogP contribution in [0.3, 0.4) is 0 Å². The average molecular weight is 455 g/mol. The lowest BCUT2D eigenvalue weighted by Crippen LogP contribution is -2.54. The van der Waals surface area contributed by atoms with E-state index in [4.69, 9.17) is 0 Å². The molecule has 1 saturated heterocycles. The molecule has 4 rings (SSSR count). The number of para-hydroxylation sites is 1. The Morgan fingerprint density at radius 2 is 1.94 bits per heavy atom. The van der Waals surface area contributed by atoms with Crippen LogP contribution in [0, 0.1) is 11.8 Å². The Balaban J connectivity index is 1.44. The molecular weight excluding hydrogens is 420 g/mol. The van der Waals surface area contributed by atoms with Crippen molar-refractivity contribution >= 4 is 29.0 Å². The molecule has 4 atom stereocenters. The van der Waals surface area contributed by atoms with Gasteiger partial charge >= 0.3 is 0 Å². The maximum atomic E-state index is 13.0. The second-order valence-electron chi connectivity index (χ2n) is 9.46. The first-order chi connectivity index (χ1) is 16.0. The Kier molecular flexibility index (Phi) is 7.77. The molecule has 2 amide bonds. The zero-order valence-electron chi connectivity index (χ0n) is 18.9. The van der Waals surface area contributed by atoms with Crippen LogP contribution in [0.4, 0.5) is 0 Å². The lowest BCUT2D eigenvalue weighted by atomic mass is 9.84. The number of aliphatic hydroxyl groups is 1. The fourth-order valence-corrected chi connectivity index (χ4v) is 5.17. The van der Waals surface area contributed by atoms with E-state index >= 15 is 0 Å². The summed E-state index contributed by atoms with van der Waals surface area (Å²) in [6, 6.07) is 8.27. The molecule has 1 aliphatic heterocycles. The van der Waals surface area contributed by atoms with Gasteiger partial charge in [0.05, 0.1) is 12.1 Å². The highest BCUT2D eigenvalue weighted by molar-refractivity contribution is 5.98. The van der Waals surface area contributed by atoms with Gasteiger partial charge < -0.3 is 25.5 Å². The van der Waals surface area contributed by atoms with Gasteiger partial charge in [-0.3, -0.25) is 14.9 Å². The summed E-state index contributed by atoms with van der Waals surface area (Å²) >= 11 is 0. The zero-order valence-corrected chi connectivity index (χ0v) is 18.9. The normalized spacial score (nSPS) is 22.0. The Bertz CT molecular complexity index is 935. The summed E-state index contributed by atoms with van der Waals surface area (Å²) in [5.41, 5.74) is 1.31. The summed E-state index contributed by atoms with van der Waals surface area (Å²) in [5.74, 6) is -0.161. The molecule has 5 N–H and O–H groups in total. The fourth-order valence-electron chi connectivity index (χ4n) is 5.17. The number of benzene rings is 1. The fraction of sp³-hybridized carbons (Fsp3) is 0.560. The number of nitrogens with one attached hydrogen (secondary N) is 4. The molecule has 1 saturated carbocycles. The first kappa shape index (κ1) is 23.4. The van der Waals surface area contributed by atoms with Crippen molar-refractivity contribution in [1.29, 1.82) is 0 Å². The minimum Gasteiger partial charge on any atom is -0.376 e. The Labute approximate surface area is 193 Å². The summed E-state index contributed by atoms with van der Waals surface area (Å²) in [6.07, 6.45) is 6.98. The molecule has 0 spiro atoms. The van der Waals surface area contributed by atoms with Crippen molar-refractivity contribution in [3.63, 3.8) is 0 Å². The minimum absolute atomic E-state index is 0.0518. The Morgan fingerprint density at radius 3 is 2.64 bits per heavy atom. The summed E-state index contributed by atoms with van der Waals surface area (Å²) in [4.78, 5) is 39.8. The third kappa shape index (κ3) is 6.00. The van der Waals surface area contributed by atoms with Gasteiger partial charge in [-0.15, -0.1) is 0 Å². The SMILES string of the molecule is O=C[C@H](C[C@@H]1CCNC1=O)NC(O)[C@H](CC1CCCCC1)NC(=O)c1cc2ccccc2[nH]1. The molecule has 0 bridgehead atoms. The summed E-state index contributed by atoms with van der Waals surface area (Å²) < 4.78 is 0. The van der Waals surface area contributed by atoms with Crippen molar-refractivity contribution in [3.05, 3.63) is 36.0 Å². The first-order valence-electron chi connectivity index (χ1n) is 12.1. The van der Waals surface area contributed by atoms with Crippen molar-refractivity contribution in [1.82, 2.24) is 20.9 Å². The van der Waals surface area contributed by atoms with Crippen LogP contribution < -0.4 is 16.0 Å². The second kappa shape index (κ2) is 10.9. The largest absolute Gasteiger partial charge is 0.376 e. The number of rotatable bonds is 10. The number of carbonyl (C=O) groups excluding carboxylic acids is 3. The van der Waals surface area contributed by atoms with E-state index in [-0.39, 0.29) is 17.7 Å². The Hall–Kier alpha value is -2.71. The molecule has 2 aliphatic rings. The van der Waals surface area contributed by atoms with Gasteiger partial charge in [0.1, 0.15) is 18.2 Å². The standard InChI is InChI=1S/C25H34N4O4/c30-15-19(13-18-10-11-26-23(18)31)27-24(32)21(12-16-6-2-1-3-7-16)29-25(33)22-14-17-8-4-5-9-20(17)28-22/h4-5,8-9,14-16,18-19,21,24,27-28,32H,1-3,6-7,10-13H2,(H,26,31)(H,29,33)/t18-,19-,21-,24?/m0/s1. The van der Waals surface area contributed by atoms with Crippen LogP contribution in [0.1, 0.15) is 61.9 Å². The molecule has 0 radical (unpaired) electrons. The molecular formula is C25H34N4O4. The van der Waals surface area contributed by atoms with E-state index in [1.165, 1.54) is 6.42 Å². The first-order valence-corrected chi connectivity index (χ1v) is 12.1. The van der Waals surface area contributed by atoms with Gasteiger partial charge in [0.15, 0.2) is 0 Å². The molecule has 1 aromatic heterocycles. The molecule has 8 heteroatoms. The summed E-state index contributed by atoms with van der Waals surface area (Å²) in [5, 5.41) is 20.7. The molecule has 2 fully saturated rings. The molecule has 1 unspecified atom stereocenters. The van der Waals surface area contributed by atoms with Crippen LogP contribution in [0.2, 0.25) is 0 Å². The van der Waals surface area contributed by atoms with Crippen LogP contribution in [-0.4, -0.2) is 53.0 Å². The van der Waals surface area contributed by atoms with E-state index in [1.54, 1.807) is 6.07 Å². The molecule has 33 heavy (non-hydrogen) atoms. The third-order valence-corrected chi connectivity index (χ3v) is 7.03. The van der Waals surface area contributed by atoms with Crippen molar-refractivity contribution in [2.24, 2.45) is 11.8 Å². The van der Waals surface area contributed by atoms with Crippen molar-refractivity contribution < 1.29 is 19.5 Å². The summed E-state index contributed by atoms with van der Waals surface area (Å²) in [6.45, 7) is 0.614. The smallest absolute Gasteiger partial charge is 0.268 e. The predicted octanol–water partition coefficient (Wildman–Crippen LogP) is 2.24. The van der Waals surface area contributed by atoms with Crippen LogP contribution in [0.5, 0.6) is 0 Å². The highest BCUT2D eigenvalue weighted by atomic mass is 16.3. The second-order valence-corrected chi connectivity index (χ2v) is 9.46. The topological polar surface area (TPSA) is 123 Å². The third-order valence-electron chi connectivity index (χ3n) is 7.03. The highest BCUT2D eigenvalue weighted by Gasteiger charge is 2.31. The van der Waals surface area contributed by atoms with E-state index in [1.807, 2.05) is 24.3 Å². The van der Waals surface area contributed by atoms with E-state index in [9.17, 15) is 19.5 Å².